The number of rotatable bonds is 4. The Morgan fingerprint density at radius 1 is 1.20 bits per heavy atom. The third kappa shape index (κ3) is 5.06. The van der Waals surface area contributed by atoms with E-state index in [1.54, 1.807) is 0 Å². The molecule has 7 heteroatoms. The van der Waals surface area contributed by atoms with Crippen molar-refractivity contribution in [1.29, 1.82) is 0 Å². The number of aliphatic imine (C=N–C) groups is 1. The molecule has 0 saturated carbocycles. The first-order valence-corrected chi connectivity index (χ1v) is 11.2. The Morgan fingerprint density at radius 3 is 2.80 bits per heavy atom. The van der Waals surface area contributed by atoms with Gasteiger partial charge in [-0.15, -0.1) is 0 Å². The number of fused-ring (bicyclic) bond motifs is 2. The van der Waals surface area contributed by atoms with Crippen LogP contribution in [-0.4, -0.2) is 84.2 Å². The van der Waals surface area contributed by atoms with Crippen molar-refractivity contribution in [3.63, 3.8) is 0 Å². The van der Waals surface area contributed by atoms with E-state index < -0.39 is 5.60 Å². The van der Waals surface area contributed by atoms with Crippen LogP contribution < -0.4 is 5.32 Å². The molecule has 30 heavy (non-hydrogen) atoms. The maximum Gasteiger partial charge on any atom is 0.410 e. The van der Waals surface area contributed by atoms with Crippen molar-refractivity contribution in [3.8, 4) is 0 Å². The largest absolute Gasteiger partial charge is 0.444 e. The maximum atomic E-state index is 12.3. The normalized spacial score (nSPS) is 21.7. The molecule has 1 saturated heterocycles. The highest BCUT2D eigenvalue weighted by Gasteiger charge is 2.36. The van der Waals surface area contributed by atoms with Crippen LogP contribution in [0.1, 0.15) is 38.3 Å². The summed E-state index contributed by atoms with van der Waals surface area (Å²) in [6, 6.07) is 9.05. The lowest BCUT2D eigenvalue weighted by atomic mass is 10.00. The SMILES string of the molecule is CC(C)(C)OC(=O)N1CCN2C(NCCCN3CCc4ccccc4C3)=NCC2C1. The van der Waals surface area contributed by atoms with E-state index in [9.17, 15) is 4.79 Å². The predicted octanol–water partition coefficient (Wildman–Crippen LogP) is 2.32. The summed E-state index contributed by atoms with van der Waals surface area (Å²) in [4.78, 5) is 23.7. The van der Waals surface area contributed by atoms with Gasteiger partial charge in [-0.1, -0.05) is 24.3 Å². The number of nitrogens with one attached hydrogen (secondary N) is 1. The average molecular weight is 414 g/mol. The summed E-state index contributed by atoms with van der Waals surface area (Å²) in [5.41, 5.74) is 2.52. The standard InChI is InChI=1S/C23H35N5O2/c1-23(2,3)30-22(29)27-13-14-28-20(17-27)15-25-21(28)24-10-6-11-26-12-9-18-7-4-5-8-19(18)16-26/h4-5,7-8,20H,6,9-17H2,1-3H3,(H,24,25). The molecule has 0 aliphatic carbocycles. The van der Waals surface area contributed by atoms with Crippen LogP contribution in [0, 0.1) is 0 Å². The van der Waals surface area contributed by atoms with Crippen LogP contribution in [0.3, 0.4) is 0 Å². The van der Waals surface area contributed by atoms with Gasteiger partial charge in [0.15, 0.2) is 5.96 Å². The molecule has 0 radical (unpaired) electrons. The molecule has 1 amide bonds. The fourth-order valence-corrected chi connectivity index (χ4v) is 4.47. The van der Waals surface area contributed by atoms with E-state index in [1.807, 2.05) is 25.7 Å². The molecule has 3 heterocycles. The number of nitrogens with zero attached hydrogens (tertiary/aromatic N) is 4. The number of amides is 1. The second-order valence-electron chi connectivity index (χ2n) is 9.51. The Morgan fingerprint density at radius 2 is 2.00 bits per heavy atom. The Hall–Kier alpha value is -2.28. The molecular formula is C23H35N5O2. The fourth-order valence-electron chi connectivity index (χ4n) is 4.47. The van der Waals surface area contributed by atoms with Crippen LogP contribution in [-0.2, 0) is 17.7 Å². The maximum absolute atomic E-state index is 12.3. The molecule has 1 aromatic rings. The molecule has 1 aromatic carbocycles. The average Bonchev–Trinajstić information content (AvgIpc) is 3.12. The van der Waals surface area contributed by atoms with Gasteiger partial charge in [-0.05, 0) is 44.7 Å². The summed E-state index contributed by atoms with van der Waals surface area (Å²) in [5.74, 6) is 0.993. The Balaban J connectivity index is 1.17. The van der Waals surface area contributed by atoms with Crippen molar-refractivity contribution < 1.29 is 9.53 Å². The summed E-state index contributed by atoms with van der Waals surface area (Å²) >= 11 is 0. The zero-order valence-electron chi connectivity index (χ0n) is 18.6. The minimum absolute atomic E-state index is 0.216. The predicted molar refractivity (Wildman–Crippen MR) is 119 cm³/mol. The van der Waals surface area contributed by atoms with E-state index in [0.717, 1.165) is 58.1 Å². The van der Waals surface area contributed by atoms with Crippen molar-refractivity contribution in [2.75, 3.05) is 45.8 Å². The zero-order chi connectivity index (χ0) is 21.1. The first-order valence-electron chi connectivity index (χ1n) is 11.2. The van der Waals surface area contributed by atoms with Crippen LogP contribution in [0.5, 0.6) is 0 Å². The van der Waals surface area contributed by atoms with Crippen LogP contribution in [0.2, 0.25) is 0 Å². The molecule has 3 aliphatic heterocycles. The summed E-state index contributed by atoms with van der Waals surface area (Å²) in [6.07, 6.45) is 2.04. The van der Waals surface area contributed by atoms with Gasteiger partial charge in [0.1, 0.15) is 5.60 Å². The molecule has 1 N–H and O–H groups in total. The quantitative estimate of drug-likeness (QED) is 0.768. The highest BCUT2D eigenvalue weighted by molar-refractivity contribution is 5.82. The lowest BCUT2D eigenvalue weighted by Gasteiger charge is -2.39. The van der Waals surface area contributed by atoms with Gasteiger partial charge in [-0.2, -0.15) is 0 Å². The molecular weight excluding hydrogens is 378 g/mol. The van der Waals surface area contributed by atoms with Gasteiger partial charge in [0, 0.05) is 45.8 Å². The van der Waals surface area contributed by atoms with E-state index in [2.05, 4.69) is 39.4 Å². The van der Waals surface area contributed by atoms with Crippen LogP contribution >= 0.6 is 0 Å². The van der Waals surface area contributed by atoms with Gasteiger partial charge in [0.2, 0.25) is 0 Å². The number of guanidine groups is 1. The van der Waals surface area contributed by atoms with Gasteiger partial charge in [0.25, 0.3) is 0 Å². The van der Waals surface area contributed by atoms with Gasteiger partial charge in [-0.3, -0.25) is 9.89 Å². The van der Waals surface area contributed by atoms with Crippen molar-refractivity contribution in [2.45, 2.75) is 51.8 Å². The third-order valence-corrected chi connectivity index (χ3v) is 6.00. The Kier molecular flexibility index (Phi) is 6.18. The zero-order valence-corrected chi connectivity index (χ0v) is 18.6. The first kappa shape index (κ1) is 21.0. The summed E-state index contributed by atoms with van der Waals surface area (Å²) in [6.45, 7) is 12.9. The smallest absolute Gasteiger partial charge is 0.410 e. The number of hydrogen-bond donors (Lipinski definition) is 1. The lowest BCUT2D eigenvalue weighted by molar-refractivity contribution is 0.0137. The molecule has 1 atom stereocenters. The fraction of sp³-hybridized carbons (Fsp3) is 0.652. The van der Waals surface area contributed by atoms with Crippen LogP contribution in [0.25, 0.3) is 0 Å². The monoisotopic (exact) mass is 413 g/mol. The summed E-state index contributed by atoms with van der Waals surface area (Å²) < 4.78 is 5.52. The van der Waals surface area contributed by atoms with E-state index in [-0.39, 0.29) is 12.1 Å². The van der Waals surface area contributed by atoms with Crippen molar-refractivity contribution in [3.05, 3.63) is 35.4 Å². The van der Waals surface area contributed by atoms with Crippen molar-refractivity contribution in [1.82, 2.24) is 20.0 Å². The van der Waals surface area contributed by atoms with Crippen molar-refractivity contribution >= 4 is 12.1 Å². The highest BCUT2D eigenvalue weighted by Crippen LogP contribution is 2.20. The second-order valence-corrected chi connectivity index (χ2v) is 9.51. The van der Waals surface area contributed by atoms with Gasteiger partial charge in [-0.25, -0.2) is 4.79 Å². The van der Waals surface area contributed by atoms with Crippen LogP contribution in [0.4, 0.5) is 4.79 Å². The van der Waals surface area contributed by atoms with E-state index in [1.165, 1.54) is 11.1 Å². The molecule has 164 valence electrons. The molecule has 7 nitrogen and oxygen atoms in total. The minimum atomic E-state index is -0.455. The lowest BCUT2D eigenvalue weighted by Crippen LogP contribution is -2.57. The molecule has 1 fully saturated rings. The number of ether oxygens (including phenoxy) is 1. The van der Waals surface area contributed by atoms with Crippen molar-refractivity contribution in [2.24, 2.45) is 4.99 Å². The number of carbonyl (C=O) groups excluding carboxylic acids is 1. The molecule has 0 bridgehead atoms. The van der Waals surface area contributed by atoms with Crippen LogP contribution in [0.15, 0.2) is 29.3 Å². The van der Waals surface area contributed by atoms with E-state index in [4.69, 9.17) is 9.73 Å². The Bertz CT molecular complexity index is 788. The molecule has 1 unspecified atom stereocenters. The van der Waals surface area contributed by atoms with E-state index >= 15 is 0 Å². The van der Waals surface area contributed by atoms with Gasteiger partial charge < -0.3 is 19.9 Å². The first-order chi connectivity index (χ1) is 14.4. The topological polar surface area (TPSA) is 60.4 Å². The second kappa shape index (κ2) is 8.84. The van der Waals surface area contributed by atoms with Gasteiger partial charge >= 0.3 is 6.09 Å². The molecule has 0 aromatic heterocycles. The molecule has 0 spiro atoms. The number of hydrogen-bond acceptors (Lipinski definition) is 6. The number of piperazine rings is 1. The molecule has 4 rings (SSSR count). The highest BCUT2D eigenvalue weighted by atomic mass is 16.6. The minimum Gasteiger partial charge on any atom is -0.444 e. The number of benzene rings is 1. The van der Waals surface area contributed by atoms with Gasteiger partial charge in [0.05, 0.1) is 12.6 Å². The Labute approximate surface area is 180 Å². The molecule has 3 aliphatic rings. The third-order valence-electron chi connectivity index (χ3n) is 6.00. The van der Waals surface area contributed by atoms with E-state index in [0.29, 0.717) is 13.1 Å². The summed E-state index contributed by atoms with van der Waals surface area (Å²) in [5, 5.41) is 3.54. The summed E-state index contributed by atoms with van der Waals surface area (Å²) in [7, 11) is 0. The number of carbonyl (C=O) groups is 1.